The second-order valence-electron chi connectivity index (χ2n) is 18.6. The van der Waals surface area contributed by atoms with Gasteiger partial charge in [0.05, 0.1) is 0 Å². The van der Waals surface area contributed by atoms with Gasteiger partial charge in [-0.2, -0.15) is 0 Å². The zero-order valence-corrected chi connectivity index (χ0v) is 43.0. The fraction of sp³-hybridized carbons (Fsp3) is 0.780. The molecule has 6 heteroatoms. The van der Waals surface area contributed by atoms with Crippen molar-refractivity contribution >= 4 is 17.9 Å². The van der Waals surface area contributed by atoms with Gasteiger partial charge in [-0.1, -0.05) is 255 Å². The lowest BCUT2D eigenvalue weighted by Gasteiger charge is -2.18. The van der Waals surface area contributed by atoms with Crippen LogP contribution in [-0.4, -0.2) is 37.2 Å². The van der Waals surface area contributed by atoms with E-state index in [4.69, 9.17) is 14.2 Å². The summed E-state index contributed by atoms with van der Waals surface area (Å²) in [5.74, 6) is -0.921. The molecule has 0 aromatic carbocycles. The largest absolute Gasteiger partial charge is 0.462 e. The van der Waals surface area contributed by atoms with E-state index < -0.39 is 6.10 Å². The summed E-state index contributed by atoms with van der Waals surface area (Å²) in [5, 5.41) is 0. The van der Waals surface area contributed by atoms with E-state index in [0.717, 1.165) is 70.6 Å². The number of hydrogen-bond donors (Lipinski definition) is 0. The van der Waals surface area contributed by atoms with Crippen molar-refractivity contribution in [2.24, 2.45) is 0 Å². The van der Waals surface area contributed by atoms with E-state index in [9.17, 15) is 14.4 Å². The molecular formula is C59H104O6. The molecule has 0 aromatic rings. The van der Waals surface area contributed by atoms with Crippen molar-refractivity contribution in [2.75, 3.05) is 13.2 Å². The number of hydrogen-bond acceptors (Lipinski definition) is 6. The first-order valence-corrected chi connectivity index (χ1v) is 27.8. The standard InChI is InChI=1S/C59H104O6/c1-4-7-10-13-16-19-22-25-27-29-31-34-37-40-43-46-49-52-58(61)64-55-56(54-63-57(60)51-48-45-42-39-36-33-24-21-18-15-12-9-6-3)65-59(62)53-50-47-44-41-38-35-32-30-28-26-23-20-17-14-11-8-5-2/h9,12,15,18,21,24-25,27,33,36,56H,4-8,10-11,13-14,16-17,19-20,22-23,26,28-32,34-35,37-55H2,1-3H3/b12-9+,18-15+,24-21+,27-25+,36-33+. The third-order valence-electron chi connectivity index (χ3n) is 12.1. The fourth-order valence-electron chi connectivity index (χ4n) is 7.92. The molecule has 0 saturated carbocycles. The lowest BCUT2D eigenvalue weighted by atomic mass is 10.0. The quantitative estimate of drug-likeness (QED) is 0.0199. The van der Waals surface area contributed by atoms with E-state index in [0.29, 0.717) is 19.3 Å². The van der Waals surface area contributed by atoms with Gasteiger partial charge in [0, 0.05) is 19.3 Å². The van der Waals surface area contributed by atoms with E-state index in [1.165, 1.54) is 167 Å². The minimum Gasteiger partial charge on any atom is -0.462 e. The van der Waals surface area contributed by atoms with Gasteiger partial charge < -0.3 is 14.2 Å². The maximum atomic E-state index is 12.8. The first-order valence-electron chi connectivity index (χ1n) is 27.8. The summed E-state index contributed by atoms with van der Waals surface area (Å²) >= 11 is 0. The highest BCUT2D eigenvalue weighted by Gasteiger charge is 2.19. The van der Waals surface area contributed by atoms with Crippen molar-refractivity contribution in [3.8, 4) is 0 Å². The number of allylic oxidation sites excluding steroid dienone is 10. The number of ether oxygens (including phenoxy) is 3. The molecule has 0 aromatic heterocycles. The van der Waals surface area contributed by atoms with Crippen LogP contribution in [0.2, 0.25) is 0 Å². The molecule has 0 amide bonds. The van der Waals surface area contributed by atoms with E-state index in [1.54, 1.807) is 0 Å². The molecule has 0 rings (SSSR count). The Kier molecular flexibility index (Phi) is 51.3. The Bertz CT molecular complexity index is 1180. The molecule has 1 unspecified atom stereocenters. The second-order valence-corrected chi connectivity index (χ2v) is 18.6. The van der Waals surface area contributed by atoms with Crippen LogP contribution in [0.5, 0.6) is 0 Å². The van der Waals surface area contributed by atoms with Gasteiger partial charge in [-0.3, -0.25) is 14.4 Å². The van der Waals surface area contributed by atoms with Gasteiger partial charge in [-0.25, -0.2) is 0 Å². The van der Waals surface area contributed by atoms with Gasteiger partial charge in [0.15, 0.2) is 6.10 Å². The molecule has 0 aliphatic rings. The smallest absolute Gasteiger partial charge is 0.306 e. The summed E-state index contributed by atoms with van der Waals surface area (Å²) in [6.45, 7) is 6.48. The molecule has 65 heavy (non-hydrogen) atoms. The molecular weight excluding hydrogens is 805 g/mol. The Morgan fingerprint density at radius 3 is 1.00 bits per heavy atom. The van der Waals surface area contributed by atoms with Gasteiger partial charge in [-0.05, 0) is 64.2 Å². The maximum Gasteiger partial charge on any atom is 0.306 e. The van der Waals surface area contributed by atoms with Gasteiger partial charge in [0.25, 0.3) is 0 Å². The van der Waals surface area contributed by atoms with Crippen molar-refractivity contribution in [1.29, 1.82) is 0 Å². The van der Waals surface area contributed by atoms with Crippen LogP contribution in [0.15, 0.2) is 60.8 Å². The SMILES string of the molecule is CC/C=C/C=C/C=C/C=C/CCCCCC(=O)OCC(COC(=O)CCCCCCCCC/C=C/CCCCCCCC)OC(=O)CCCCCCCCCCCCCCCCCCC. The molecule has 376 valence electrons. The summed E-state index contributed by atoms with van der Waals surface area (Å²) in [6.07, 6.45) is 66.4. The van der Waals surface area contributed by atoms with Crippen LogP contribution in [0, 0.1) is 0 Å². The van der Waals surface area contributed by atoms with Crippen molar-refractivity contribution in [1.82, 2.24) is 0 Å². The van der Waals surface area contributed by atoms with Crippen LogP contribution in [-0.2, 0) is 28.6 Å². The van der Waals surface area contributed by atoms with E-state index in [-0.39, 0.29) is 31.1 Å². The van der Waals surface area contributed by atoms with Gasteiger partial charge in [0.1, 0.15) is 13.2 Å². The molecule has 0 N–H and O–H groups in total. The Hall–Kier alpha value is -2.89. The third-order valence-corrected chi connectivity index (χ3v) is 12.1. The molecule has 0 radical (unpaired) electrons. The number of carbonyl (C=O) groups is 3. The summed E-state index contributed by atoms with van der Waals surface area (Å²) in [6, 6.07) is 0. The zero-order valence-electron chi connectivity index (χ0n) is 43.0. The average Bonchev–Trinajstić information content (AvgIpc) is 3.30. The van der Waals surface area contributed by atoms with Crippen LogP contribution in [0.3, 0.4) is 0 Å². The van der Waals surface area contributed by atoms with Crippen LogP contribution in [0.1, 0.15) is 278 Å². The highest BCUT2D eigenvalue weighted by Crippen LogP contribution is 2.16. The van der Waals surface area contributed by atoms with Crippen molar-refractivity contribution in [3.63, 3.8) is 0 Å². The molecule has 1 atom stereocenters. The lowest BCUT2D eigenvalue weighted by molar-refractivity contribution is -0.167. The van der Waals surface area contributed by atoms with Crippen LogP contribution in [0.4, 0.5) is 0 Å². The third kappa shape index (κ3) is 51.9. The van der Waals surface area contributed by atoms with Gasteiger partial charge in [0.2, 0.25) is 0 Å². The molecule has 6 nitrogen and oxygen atoms in total. The maximum absolute atomic E-state index is 12.8. The molecule has 0 bridgehead atoms. The fourth-order valence-corrected chi connectivity index (χ4v) is 7.92. The average molecular weight is 909 g/mol. The highest BCUT2D eigenvalue weighted by molar-refractivity contribution is 5.71. The predicted octanol–water partition coefficient (Wildman–Crippen LogP) is 18.4. The summed E-state index contributed by atoms with van der Waals surface area (Å²) in [4.78, 5) is 38.1. The van der Waals surface area contributed by atoms with Crippen LogP contribution >= 0.6 is 0 Å². The number of esters is 3. The molecule has 0 heterocycles. The van der Waals surface area contributed by atoms with Crippen molar-refractivity contribution in [3.05, 3.63) is 60.8 Å². The Morgan fingerprint density at radius 2 is 0.615 bits per heavy atom. The van der Waals surface area contributed by atoms with Crippen molar-refractivity contribution < 1.29 is 28.6 Å². The summed E-state index contributed by atoms with van der Waals surface area (Å²) in [7, 11) is 0. The topological polar surface area (TPSA) is 78.9 Å². The molecule has 0 saturated heterocycles. The predicted molar refractivity (Wildman–Crippen MR) is 279 cm³/mol. The summed E-state index contributed by atoms with van der Waals surface area (Å²) < 4.78 is 16.8. The number of unbranched alkanes of at least 4 members (excludes halogenated alkanes) is 32. The number of rotatable bonds is 50. The second kappa shape index (κ2) is 53.7. The minimum atomic E-state index is -0.790. The van der Waals surface area contributed by atoms with Gasteiger partial charge in [-0.15, -0.1) is 0 Å². The number of carbonyl (C=O) groups excluding carboxylic acids is 3. The van der Waals surface area contributed by atoms with Gasteiger partial charge >= 0.3 is 17.9 Å². The molecule has 0 fully saturated rings. The first-order chi connectivity index (χ1) is 32.0. The Labute approximate surface area is 402 Å². The monoisotopic (exact) mass is 909 g/mol. The highest BCUT2D eigenvalue weighted by atomic mass is 16.6. The molecule has 0 spiro atoms. The van der Waals surface area contributed by atoms with E-state index in [2.05, 4.69) is 51.2 Å². The first kappa shape index (κ1) is 62.1. The molecule has 0 aliphatic carbocycles. The molecule has 0 aliphatic heterocycles. The lowest BCUT2D eigenvalue weighted by Crippen LogP contribution is -2.30. The minimum absolute atomic E-state index is 0.0870. The Morgan fingerprint density at radius 1 is 0.323 bits per heavy atom. The van der Waals surface area contributed by atoms with E-state index in [1.807, 2.05) is 30.4 Å². The Balaban J connectivity index is 4.39. The van der Waals surface area contributed by atoms with E-state index >= 15 is 0 Å². The normalized spacial score (nSPS) is 12.5. The summed E-state index contributed by atoms with van der Waals surface area (Å²) in [5.41, 5.74) is 0. The van der Waals surface area contributed by atoms with Crippen LogP contribution < -0.4 is 0 Å². The zero-order chi connectivity index (χ0) is 47.2. The van der Waals surface area contributed by atoms with Crippen LogP contribution in [0.25, 0.3) is 0 Å². The van der Waals surface area contributed by atoms with Crippen molar-refractivity contribution in [2.45, 2.75) is 284 Å².